The van der Waals surface area contributed by atoms with Crippen molar-refractivity contribution in [1.29, 1.82) is 0 Å². The first-order valence-corrected chi connectivity index (χ1v) is 8.68. The third-order valence-corrected chi connectivity index (χ3v) is 4.28. The molecule has 0 aliphatic rings. The second kappa shape index (κ2) is 8.79. The van der Waals surface area contributed by atoms with Gasteiger partial charge in [0.2, 0.25) is 5.91 Å². The van der Waals surface area contributed by atoms with Crippen molar-refractivity contribution in [2.45, 2.75) is 31.5 Å². The summed E-state index contributed by atoms with van der Waals surface area (Å²) < 4.78 is 7.64. The Balaban J connectivity index is 1.83. The molecular weight excluding hydrogens is 336 g/mol. The molecule has 2 rings (SSSR count). The number of hydrogen-bond acceptors (Lipinski definition) is 5. The zero-order chi connectivity index (χ0) is 16.7. The first kappa shape index (κ1) is 17.6. The van der Waals surface area contributed by atoms with Crippen molar-refractivity contribution in [1.82, 2.24) is 14.8 Å². The zero-order valence-electron chi connectivity index (χ0n) is 12.9. The highest BCUT2D eigenvalue weighted by molar-refractivity contribution is 7.99. The molecule has 124 valence electrons. The number of aryl methyl sites for hydroxylation is 1. The molecule has 1 aromatic heterocycles. The van der Waals surface area contributed by atoms with E-state index in [4.69, 9.17) is 22.1 Å². The maximum Gasteiger partial charge on any atom is 0.217 e. The van der Waals surface area contributed by atoms with E-state index in [9.17, 15) is 4.79 Å². The van der Waals surface area contributed by atoms with Crippen LogP contribution in [-0.4, -0.2) is 33.0 Å². The van der Waals surface area contributed by atoms with Crippen molar-refractivity contribution in [2.24, 2.45) is 5.73 Å². The SMILES string of the molecule is CCn1c(CCC(N)=O)nnc1SCCOc1ccc(Cl)cc1. The van der Waals surface area contributed by atoms with Gasteiger partial charge in [-0.25, -0.2) is 0 Å². The van der Waals surface area contributed by atoms with Crippen LogP contribution in [-0.2, 0) is 17.8 Å². The molecule has 23 heavy (non-hydrogen) atoms. The Hall–Kier alpha value is -1.73. The number of nitrogens with two attached hydrogens (primary N) is 1. The largest absolute Gasteiger partial charge is 0.493 e. The second-order valence-electron chi connectivity index (χ2n) is 4.76. The topological polar surface area (TPSA) is 83.0 Å². The lowest BCUT2D eigenvalue weighted by molar-refractivity contribution is -0.118. The number of thioether (sulfide) groups is 1. The van der Waals surface area contributed by atoms with Crippen LogP contribution >= 0.6 is 23.4 Å². The van der Waals surface area contributed by atoms with E-state index in [0.717, 1.165) is 29.0 Å². The van der Waals surface area contributed by atoms with Crippen molar-refractivity contribution in [3.05, 3.63) is 35.1 Å². The highest BCUT2D eigenvalue weighted by atomic mass is 35.5. The molecule has 0 spiro atoms. The molecule has 1 heterocycles. The minimum atomic E-state index is -0.332. The van der Waals surface area contributed by atoms with Crippen LogP contribution in [0.3, 0.4) is 0 Å². The number of carbonyl (C=O) groups is 1. The molecule has 0 aliphatic heterocycles. The maximum atomic E-state index is 10.9. The summed E-state index contributed by atoms with van der Waals surface area (Å²) in [6, 6.07) is 7.26. The summed E-state index contributed by atoms with van der Waals surface area (Å²) in [4.78, 5) is 10.9. The monoisotopic (exact) mass is 354 g/mol. The minimum Gasteiger partial charge on any atom is -0.493 e. The Morgan fingerprint density at radius 1 is 1.35 bits per heavy atom. The number of halogens is 1. The average Bonchev–Trinajstić information content (AvgIpc) is 2.93. The number of hydrogen-bond donors (Lipinski definition) is 1. The van der Waals surface area contributed by atoms with Crippen LogP contribution in [0.2, 0.25) is 5.02 Å². The van der Waals surface area contributed by atoms with Crippen molar-refractivity contribution in [3.63, 3.8) is 0 Å². The molecule has 0 atom stereocenters. The average molecular weight is 355 g/mol. The van der Waals surface area contributed by atoms with Gasteiger partial charge < -0.3 is 15.0 Å². The molecule has 8 heteroatoms. The van der Waals surface area contributed by atoms with E-state index in [2.05, 4.69) is 10.2 Å². The molecule has 2 aromatic rings. The smallest absolute Gasteiger partial charge is 0.217 e. The van der Waals surface area contributed by atoms with E-state index in [1.54, 1.807) is 23.9 Å². The fourth-order valence-corrected chi connectivity index (χ4v) is 2.95. The minimum absolute atomic E-state index is 0.280. The Morgan fingerprint density at radius 2 is 2.09 bits per heavy atom. The Kier molecular flexibility index (Phi) is 6.73. The lowest BCUT2D eigenvalue weighted by Crippen LogP contribution is -2.13. The Bertz CT molecular complexity index is 645. The maximum absolute atomic E-state index is 10.9. The fourth-order valence-electron chi connectivity index (χ4n) is 1.99. The van der Waals surface area contributed by atoms with Gasteiger partial charge in [-0.05, 0) is 31.2 Å². The molecule has 0 fully saturated rings. The summed E-state index contributed by atoms with van der Waals surface area (Å²) in [5.41, 5.74) is 5.18. The lowest BCUT2D eigenvalue weighted by atomic mass is 10.3. The summed E-state index contributed by atoms with van der Waals surface area (Å²) in [5, 5.41) is 9.82. The van der Waals surface area contributed by atoms with E-state index in [1.165, 1.54) is 0 Å². The predicted molar refractivity (Wildman–Crippen MR) is 90.9 cm³/mol. The van der Waals surface area contributed by atoms with Gasteiger partial charge in [-0.15, -0.1) is 10.2 Å². The molecule has 0 unspecified atom stereocenters. The predicted octanol–water partition coefficient (Wildman–Crippen LogP) is 2.54. The summed E-state index contributed by atoms with van der Waals surface area (Å²) in [6.07, 6.45) is 0.792. The van der Waals surface area contributed by atoms with E-state index in [1.807, 2.05) is 23.6 Å². The van der Waals surface area contributed by atoms with Gasteiger partial charge in [0.05, 0.1) is 6.61 Å². The molecule has 0 saturated heterocycles. The van der Waals surface area contributed by atoms with Crippen molar-refractivity contribution in [3.8, 4) is 5.75 Å². The summed E-state index contributed by atoms with van der Waals surface area (Å²) in [5.74, 6) is 1.99. The summed E-state index contributed by atoms with van der Waals surface area (Å²) in [6.45, 7) is 3.33. The quantitative estimate of drug-likeness (QED) is 0.552. The number of amides is 1. The molecule has 6 nitrogen and oxygen atoms in total. The van der Waals surface area contributed by atoms with Crippen LogP contribution in [0.15, 0.2) is 29.4 Å². The highest BCUT2D eigenvalue weighted by Crippen LogP contribution is 2.19. The van der Waals surface area contributed by atoms with Crippen LogP contribution in [0.1, 0.15) is 19.2 Å². The van der Waals surface area contributed by atoms with Crippen LogP contribution in [0.5, 0.6) is 5.75 Å². The second-order valence-corrected chi connectivity index (χ2v) is 6.26. The first-order valence-electron chi connectivity index (χ1n) is 7.31. The molecular formula is C15H19ClN4O2S. The van der Waals surface area contributed by atoms with Gasteiger partial charge in [-0.3, -0.25) is 4.79 Å². The summed E-state index contributed by atoms with van der Waals surface area (Å²) in [7, 11) is 0. The van der Waals surface area contributed by atoms with Crippen molar-refractivity contribution < 1.29 is 9.53 Å². The fraction of sp³-hybridized carbons (Fsp3) is 0.400. The van der Waals surface area contributed by atoms with Gasteiger partial charge >= 0.3 is 0 Å². The molecule has 2 N–H and O–H groups in total. The molecule has 1 amide bonds. The van der Waals surface area contributed by atoms with Crippen LogP contribution < -0.4 is 10.5 Å². The van der Waals surface area contributed by atoms with E-state index >= 15 is 0 Å². The van der Waals surface area contributed by atoms with Crippen LogP contribution in [0, 0.1) is 0 Å². The van der Waals surface area contributed by atoms with E-state index < -0.39 is 0 Å². The van der Waals surface area contributed by atoms with Crippen molar-refractivity contribution >= 4 is 29.3 Å². The Labute approximate surface area is 144 Å². The molecule has 0 radical (unpaired) electrons. The normalized spacial score (nSPS) is 10.7. The molecule has 0 aliphatic carbocycles. The standard InChI is InChI=1S/C15H19ClN4O2S/c1-2-20-14(8-7-13(17)21)18-19-15(20)23-10-9-22-12-5-3-11(16)4-6-12/h3-6H,2,7-10H2,1H3,(H2,17,21). The lowest BCUT2D eigenvalue weighted by Gasteiger charge is -2.08. The number of primary amides is 1. The summed E-state index contributed by atoms with van der Waals surface area (Å²) >= 11 is 7.40. The third kappa shape index (κ3) is 5.44. The van der Waals surface area contributed by atoms with Gasteiger partial charge in [0.1, 0.15) is 11.6 Å². The van der Waals surface area contributed by atoms with Crippen molar-refractivity contribution in [2.75, 3.05) is 12.4 Å². The van der Waals surface area contributed by atoms with Gasteiger partial charge in [-0.2, -0.15) is 0 Å². The highest BCUT2D eigenvalue weighted by Gasteiger charge is 2.12. The Morgan fingerprint density at radius 3 is 2.74 bits per heavy atom. The van der Waals surface area contributed by atoms with Crippen LogP contribution in [0.25, 0.3) is 0 Å². The van der Waals surface area contributed by atoms with Gasteiger partial charge in [0, 0.05) is 30.2 Å². The molecule has 0 bridgehead atoms. The number of nitrogens with zero attached hydrogens (tertiary/aromatic N) is 3. The van der Waals surface area contributed by atoms with E-state index in [0.29, 0.717) is 18.1 Å². The number of ether oxygens (including phenoxy) is 1. The van der Waals surface area contributed by atoms with E-state index in [-0.39, 0.29) is 12.3 Å². The number of aromatic nitrogens is 3. The van der Waals surface area contributed by atoms with Gasteiger partial charge in [0.25, 0.3) is 0 Å². The number of benzene rings is 1. The first-order chi connectivity index (χ1) is 11.1. The molecule has 1 aromatic carbocycles. The van der Waals surface area contributed by atoms with Crippen LogP contribution in [0.4, 0.5) is 0 Å². The molecule has 0 saturated carbocycles. The zero-order valence-corrected chi connectivity index (χ0v) is 14.4. The van der Waals surface area contributed by atoms with Gasteiger partial charge in [-0.1, -0.05) is 23.4 Å². The third-order valence-electron chi connectivity index (χ3n) is 3.10. The van der Waals surface area contributed by atoms with Gasteiger partial charge in [0.15, 0.2) is 5.16 Å². The number of carbonyl (C=O) groups excluding carboxylic acids is 1. The number of rotatable bonds is 9.